The van der Waals surface area contributed by atoms with Crippen molar-refractivity contribution in [2.24, 2.45) is 0 Å². The Labute approximate surface area is 110 Å². The molecule has 0 saturated carbocycles. The Kier molecular flexibility index (Phi) is 4.16. The number of benzene rings is 1. The van der Waals surface area contributed by atoms with Crippen LogP contribution in [0.3, 0.4) is 0 Å². The van der Waals surface area contributed by atoms with Gasteiger partial charge < -0.3 is 9.47 Å². The number of epoxide rings is 1. The maximum Gasteiger partial charge on any atom is 0.446 e. The summed E-state index contributed by atoms with van der Waals surface area (Å²) in [5.41, 5.74) is 1.12. The first-order chi connectivity index (χ1) is 8.99. The number of rotatable bonds is 6. The molecular weight excluding hydrogens is 257 g/mol. The van der Waals surface area contributed by atoms with Crippen molar-refractivity contribution in [3.63, 3.8) is 0 Å². The van der Waals surface area contributed by atoms with Gasteiger partial charge in [-0.15, -0.1) is 0 Å². The Morgan fingerprint density at radius 3 is 2.53 bits per heavy atom. The molecule has 1 saturated heterocycles. The van der Waals surface area contributed by atoms with Crippen molar-refractivity contribution in [2.45, 2.75) is 44.3 Å². The van der Waals surface area contributed by atoms with Gasteiger partial charge in [0.25, 0.3) is 5.79 Å². The number of hydrogen-bond acceptors (Lipinski definition) is 2. The second kappa shape index (κ2) is 5.51. The zero-order chi connectivity index (χ0) is 13.9. The summed E-state index contributed by atoms with van der Waals surface area (Å²) in [6.45, 7) is 1.53. The van der Waals surface area contributed by atoms with Gasteiger partial charge in [0.2, 0.25) is 0 Å². The van der Waals surface area contributed by atoms with Crippen LogP contribution < -0.4 is 0 Å². The Morgan fingerprint density at radius 1 is 1.26 bits per heavy atom. The van der Waals surface area contributed by atoms with E-state index in [0.717, 1.165) is 12.0 Å². The molecule has 2 unspecified atom stereocenters. The van der Waals surface area contributed by atoms with Crippen LogP contribution in [-0.4, -0.2) is 24.7 Å². The zero-order valence-corrected chi connectivity index (χ0v) is 10.7. The van der Waals surface area contributed by atoms with E-state index in [1.54, 1.807) is 0 Å². The molecule has 2 nitrogen and oxygen atoms in total. The SMILES string of the molecule is CCOC1(C(F)(F)F)OC1CCCc1ccccc1. The van der Waals surface area contributed by atoms with Crippen molar-refractivity contribution in [1.82, 2.24) is 0 Å². The lowest BCUT2D eigenvalue weighted by Gasteiger charge is -2.16. The Bertz CT molecular complexity index is 405. The number of alkyl halides is 3. The third kappa shape index (κ3) is 3.09. The van der Waals surface area contributed by atoms with Crippen LogP contribution >= 0.6 is 0 Å². The molecule has 0 spiro atoms. The van der Waals surface area contributed by atoms with Crippen LogP contribution in [0.15, 0.2) is 30.3 Å². The molecule has 0 N–H and O–H groups in total. The van der Waals surface area contributed by atoms with E-state index < -0.39 is 18.1 Å². The summed E-state index contributed by atoms with van der Waals surface area (Å²) in [5, 5.41) is 0. The highest BCUT2D eigenvalue weighted by Gasteiger charge is 2.74. The second-order valence-electron chi connectivity index (χ2n) is 4.58. The van der Waals surface area contributed by atoms with Gasteiger partial charge in [0.05, 0.1) is 0 Å². The molecule has 0 bridgehead atoms. The normalized spacial score (nSPS) is 26.4. The van der Waals surface area contributed by atoms with Gasteiger partial charge in [-0.3, -0.25) is 0 Å². The Morgan fingerprint density at radius 2 is 1.95 bits per heavy atom. The first-order valence-electron chi connectivity index (χ1n) is 6.42. The number of hydrogen-bond donors (Lipinski definition) is 0. The third-order valence-corrected chi connectivity index (χ3v) is 3.21. The number of halogens is 3. The van der Waals surface area contributed by atoms with Crippen molar-refractivity contribution >= 4 is 0 Å². The summed E-state index contributed by atoms with van der Waals surface area (Å²) in [6, 6.07) is 9.68. The van der Waals surface area contributed by atoms with Gasteiger partial charge in [0.15, 0.2) is 0 Å². The monoisotopic (exact) mass is 274 g/mol. The second-order valence-corrected chi connectivity index (χ2v) is 4.58. The van der Waals surface area contributed by atoms with Gasteiger partial charge in [0.1, 0.15) is 6.10 Å². The number of ether oxygens (including phenoxy) is 2. The van der Waals surface area contributed by atoms with Gasteiger partial charge in [-0.25, -0.2) is 0 Å². The minimum atomic E-state index is -4.46. The average molecular weight is 274 g/mol. The van der Waals surface area contributed by atoms with Crippen LogP contribution in [0.4, 0.5) is 13.2 Å². The lowest BCUT2D eigenvalue weighted by molar-refractivity contribution is -0.270. The molecule has 2 rings (SSSR count). The van der Waals surface area contributed by atoms with Gasteiger partial charge in [-0.05, 0) is 31.7 Å². The van der Waals surface area contributed by atoms with Crippen LogP contribution in [-0.2, 0) is 15.9 Å². The molecule has 1 aliphatic heterocycles. The molecule has 1 aromatic rings. The molecule has 0 aromatic heterocycles. The first-order valence-corrected chi connectivity index (χ1v) is 6.42. The van der Waals surface area contributed by atoms with Gasteiger partial charge in [-0.2, -0.15) is 13.2 Å². The highest BCUT2D eigenvalue weighted by atomic mass is 19.4. The average Bonchev–Trinajstić information content (AvgIpc) is 3.05. The van der Waals surface area contributed by atoms with Gasteiger partial charge >= 0.3 is 6.18 Å². The molecule has 106 valence electrons. The van der Waals surface area contributed by atoms with Crippen molar-refractivity contribution in [3.8, 4) is 0 Å². The fourth-order valence-corrected chi connectivity index (χ4v) is 2.24. The van der Waals surface area contributed by atoms with Crippen molar-refractivity contribution in [3.05, 3.63) is 35.9 Å². The summed E-state index contributed by atoms with van der Waals surface area (Å²) in [4.78, 5) is 0. The largest absolute Gasteiger partial charge is 0.446 e. The third-order valence-electron chi connectivity index (χ3n) is 3.21. The van der Waals surface area contributed by atoms with Crippen LogP contribution in [0.5, 0.6) is 0 Å². The molecule has 0 radical (unpaired) electrons. The minimum Gasteiger partial charge on any atom is -0.341 e. The predicted molar refractivity (Wildman–Crippen MR) is 64.7 cm³/mol. The fourth-order valence-electron chi connectivity index (χ4n) is 2.24. The van der Waals surface area contributed by atoms with Crippen LogP contribution in [0.1, 0.15) is 25.3 Å². The quantitative estimate of drug-likeness (QED) is 0.738. The van der Waals surface area contributed by atoms with E-state index in [4.69, 9.17) is 9.47 Å². The van der Waals surface area contributed by atoms with Crippen LogP contribution in [0, 0.1) is 0 Å². The first kappa shape index (κ1) is 14.3. The van der Waals surface area contributed by atoms with Crippen LogP contribution in [0.25, 0.3) is 0 Å². The lowest BCUT2D eigenvalue weighted by atomic mass is 10.1. The highest BCUT2D eigenvalue weighted by molar-refractivity contribution is 5.14. The Hall–Kier alpha value is -1.07. The summed E-state index contributed by atoms with van der Waals surface area (Å²) in [5.74, 6) is -2.35. The van der Waals surface area contributed by atoms with Gasteiger partial charge in [-0.1, -0.05) is 30.3 Å². The van der Waals surface area contributed by atoms with E-state index in [1.807, 2.05) is 30.3 Å². The standard InChI is InChI=1S/C14H17F3O2/c1-2-18-13(14(15,16)17)12(19-13)10-6-9-11-7-4-3-5-8-11/h3-5,7-8,12H,2,6,9-10H2,1H3. The molecule has 19 heavy (non-hydrogen) atoms. The van der Waals surface area contributed by atoms with E-state index in [1.165, 1.54) is 6.92 Å². The van der Waals surface area contributed by atoms with Crippen LogP contribution in [0.2, 0.25) is 0 Å². The van der Waals surface area contributed by atoms with Gasteiger partial charge in [0, 0.05) is 6.61 Å². The van der Waals surface area contributed by atoms with E-state index >= 15 is 0 Å². The van der Waals surface area contributed by atoms with Crippen molar-refractivity contribution < 1.29 is 22.6 Å². The van der Waals surface area contributed by atoms with E-state index in [2.05, 4.69) is 0 Å². The summed E-state index contributed by atoms with van der Waals surface area (Å²) < 4.78 is 48.1. The fraction of sp³-hybridized carbons (Fsp3) is 0.571. The van der Waals surface area contributed by atoms with Crippen molar-refractivity contribution in [1.29, 1.82) is 0 Å². The predicted octanol–water partition coefficient (Wildman–Crippen LogP) is 3.70. The molecule has 2 atom stereocenters. The van der Waals surface area contributed by atoms with E-state index in [9.17, 15) is 13.2 Å². The highest BCUT2D eigenvalue weighted by Crippen LogP contribution is 2.52. The van der Waals surface area contributed by atoms with Crippen molar-refractivity contribution in [2.75, 3.05) is 6.61 Å². The minimum absolute atomic E-state index is 0.00526. The maximum absolute atomic E-state index is 12.8. The maximum atomic E-state index is 12.8. The Balaban J connectivity index is 1.82. The molecule has 1 aromatic carbocycles. The van der Waals surface area contributed by atoms with E-state index in [0.29, 0.717) is 12.8 Å². The van der Waals surface area contributed by atoms with E-state index in [-0.39, 0.29) is 6.61 Å². The molecular formula is C14H17F3O2. The molecule has 1 aliphatic rings. The zero-order valence-electron chi connectivity index (χ0n) is 10.7. The molecule has 5 heteroatoms. The molecule has 1 heterocycles. The lowest BCUT2D eigenvalue weighted by Crippen LogP contribution is -2.38. The smallest absolute Gasteiger partial charge is 0.341 e. The molecule has 1 fully saturated rings. The number of aryl methyl sites for hydroxylation is 1. The summed E-state index contributed by atoms with van der Waals surface area (Å²) in [6.07, 6.45) is -3.56. The topological polar surface area (TPSA) is 21.8 Å². The molecule has 0 aliphatic carbocycles. The summed E-state index contributed by atoms with van der Waals surface area (Å²) in [7, 11) is 0. The molecule has 0 amide bonds. The summed E-state index contributed by atoms with van der Waals surface area (Å²) >= 11 is 0.